The molecule has 0 amide bonds. The molecule has 1 nitrogen and oxygen atoms in total. The molecule has 1 aromatic carbocycles. The van der Waals surface area contributed by atoms with E-state index in [0.717, 1.165) is 30.6 Å². The van der Waals surface area contributed by atoms with Crippen molar-refractivity contribution in [2.75, 3.05) is 0 Å². The van der Waals surface area contributed by atoms with E-state index in [4.69, 9.17) is 0 Å². The summed E-state index contributed by atoms with van der Waals surface area (Å²) in [5.74, 6) is 2.39. The molecule has 1 heteroatoms. The van der Waals surface area contributed by atoms with E-state index in [1.807, 2.05) is 0 Å². The summed E-state index contributed by atoms with van der Waals surface area (Å²) < 4.78 is 0. The highest BCUT2D eigenvalue weighted by Crippen LogP contribution is 2.66. The fourth-order valence-electron chi connectivity index (χ4n) is 7.84. The SMILES string of the molecule is Cc1cccc(C)c1C1=CC[C@H]2[C@@H]3CC=C4C[C@@H](O)CC[C@]4(C)[C@H]3CC[C@]12C. The average molecular weight is 377 g/mol. The monoisotopic (exact) mass is 376 g/mol. The molecule has 0 bridgehead atoms. The van der Waals surface area contributed by atoms with Crippen LogP contribution in [-0.2, 0) is 0 Å². The number of allylic oxidation sites excluding steroid dienone is 3. The Balaban J connectivity index is 1.50. The first-order valence-electron chi connectivity index (χ1n) is 11.5. The Morgan fingerprint density at radius 3 is 2.36 bits per heavy atom. The van der Waals surface area contributed by atoms with Crippen LogP contribution in [0.5, 0.6) is 0 Å². The Labute approximate surface area is 170 Å². The van der Waals surface area contributed by atoms with Gasteiger partial charge < -0.3 is 5.11 Å². The van der Waals surface area contributed by atoms with Gasteiger partial charge in [0.15, 0.2) is 0 Å². The number of hydrogen-bond donors (Lipinski definition) is 1. The molecule has 0 saturated heterocycles. The van der Waals surface area contributed by atoms with Gasteiger partial charge in [0, 0.05) is 0 Å². The van der Waals surface area contributed by atoms with Crippen molar-refractivity contribution in [2.24, 2.45) is 28.6 Å². The molecule has 150 valence electrons. The Bertz CT molecular complexity index is 841. The van der Waals surface area contributed by atoms with Crippen LogP contribution in [0.4, 0.5) is 0 Å². The largest absolute Gasteiger partial charge is 0.393 e. The lowest BCUT2D eigenvalue weighted by atomic mass is 9.47. The quantitative estimate of drug-likeness (QED) is 0.546. The predicted molar refractivity (Wildman–Crippen MR) is 117 cm³/mol. The molecule has 6 atom stereocenters. The van der Waals surface area contributed by atoms with Crippen molar-refractivity contribution in [1.29, 1.82) is 0 Å². The third kappa shape index (κ3) is 2.48. The van der Waals surface area contributed by atoms with Crippen LogP contribution in [0.3, 0.4) is 0 Å². The van der Waals surface area contributed by atoms with E-state index >= 15 is 0 Å². The van der Waals surface area contributed by atoms with Crippen molar-refractivity contribution in [3.63, 3.8) is 0 Å². The van der Waals surface area contributed by atoms with E-state index in [2.05, 4.69) is 58.0 Å². The first-order valence-corrected chi connectivity index (χ1v) is 11.5. The second-order valence-electron chi connectivity index (χ2n) is 10.7. The van der Waals surface area contributed by atoms with Crippen molar-refractivity contribution < 1.29 is 5.11 Å². The van der Waals surface area contributed by atoms with Gasteiger partial charge in [0.05, 0.1) is 6.10 Å². The highest BCUT2D eigenvalue weighted by molar-refractivity contribution is 5.77. The second kappa shape index (κ2) is 6.33. The van der Waals surface area contributed by atoms with Gasteiger partial charge in [-0.3, -0.25) is 0 Å². The lowest BCUT2D eigenvalue weighted by Crippen LogP contribution is -2.49. The highest BCUT2D eigenvalue weighted by Gasteiger charge is 2.56. The second-order valence-corrected chi connectivity index (χ2v) is 10.7. The zero-order valence-corrected chi connectivity index (χ0v) is 18.1. The average Bonchev–Trinajstić information content (AvgIpc) is 2.99. The summed E-state index contributed by atoms with van der Waals surface area (Å²) >= 11 is 0. The van der Waals surface area contributed by atoms with E-state index in [1.54, 1.807) is 11.1 Å². The molecule has 0 aliphatic heterocycles. The van der Waals surface area contributed by atoms with E-state index in [1.165, 1.54) is 48.8 Å². The van der Waals surface area contributed by atoms with Crippen LogP contribution in [0.15, 0.2) is 35.9 Å². The van der Waals surface area contributed by atoms with Crippen LogP contribution >= 0.6 is 0 Å². The van der Waals surface area contributed by atoms with Gasteiger partial charge in [-0.25, -0.2) is 0 Å². The molecule has 1 N–H and O–H groups in total. The summed E-state index contributed by atoms with van der Waals surface area (Å²) in [6, 6.07) is 6.77. The van der Waals surface area contributed by atoms with Crippen molar-refractivity contribution in [2.45, 2.75) is 78.7 Å². The zero-order valence-electron chi connectivity index (χ0n) is 18.1. The molecule has 1 aromatic rings. The van der Waals surface area contributed by atoms with Crippen molar-refractivity contribution in [3.05, 3.63) is 52.6 Å². The van der Waals surface area contributed by atoms with E-state index in [-0.39, 0.29) is 6.10 Å². The van der Waals surface area contributed by atoms with Gasteiger partial charge in [0.2, 0.25) is 0 Å². The molecule has 5 rings (SSSR count). The number of fused-ring (bicyclic) bond motifs is 5. The Kier molecular flexibility index (Phi) is 4.22. The van der Waals surface area contributed by atoms with Gasteiger partial charge in [-0.05, 0) is 110 Å². The van der Waals surface area contributed by atoms with Gasteiger partial charge in [-0.2, -0.15) is 0 Å². The van der Waals surface area contributed by atoms with Gasteiger partial charge in [-0.1, -0.05) is 49.8 Å². The molecule has 4 aliphatic carbocycles. The highest BCUT2D eigenvalue weighted by atomic mass is 16.3. The standard InChI is InChI=1S/C27H36O/c1-17-6-5-7-18(2)25(17)24-11-10-22-21-9-8-19-16-20(28)12-14-26(19,3)23(21)13-15-27(22,24)4/h5-8,11,20-23,28H,9-10,12-16H2,1-4H3/t20-,21-,22-,23-,26-,27-/m0/s1. The minimum absolute atomic E-state index is 0.103. The normalized spacial score (nSPS) is 42.2. The molecule has 2 fully saturated rings. The van der Waals surface area contributed by atoms with E-state index < -0.39 is 0 Å². The Morgan fingerprint density at radius 1 is 0.893 bits per heavy atom. The molecule has 0 spiro atoms. The summed E-state index contributed by atoms with van der Waals surface area (Å²) in [6.07, 6.45) is 13.3. The smallest absolute Gasteiger partial charge is 0.0577 e. The summed E-state index contributed by atoms with van der Waals surface area (Å²) in [5, 5.41) is 10.2. The first kappa shape index (κ1) is 18.7. The molecule has 0 heterocycles. The number of aliphatic hydroxyl groups is 1. The fourth-order valence-corrected chi connectivity index (χ4v) is 7.84. The topological polar surface area (TPSA) is 20.2 Å². The molecule has 0 radical (unpaired) electrons. The van der Waals surface area contributed by atoms with Gasteiger partial charge >= 0.3 is 0 Å². The summed E-state index contributed by atoms with van der Waals surface area (Å²) in [5.41, 5.74) is 8.30. The number of hydrogen-bond acceptors (Lipinski definition) is 1. The molecule has 0 aromatic heterocycles. The van der Waals surface area contributed by atoms with Crippen LogP contribution < -0.4 is 0 Å². The van der Waals surface area contributed by atoms with Gasteiger partial charge in [0.1, 0.15) is 0 Å². The van der Waals surface area contributed by atoms with Crippen LogP contribution in [0.2, 0.25) is 0 Å². The zero-order chi connectivity index (χ0) is 19.7. The number of rotatable bonds is 1. The molecule has 0 unspecified atom stereocenters. The maximum atomic E-state index is 10.2. The molecule has 4 aliphatic rings. The molecular formula is C27H36O. The van der Waals surface area contributed by atoms with Gasteiger partial charge in [0.25, 0.3) is 0 Å². The van der Waals surface area contributed by atoms with Crippen LogP contribution in [-0.4, -0.2) is 11.2 Å². The fraction of sp³-hybridized carbons (Fsp3) is 0.630. The third-order valence-corrected chi connectivity index (χ3v) is 9.41. The van der Waals surface area contributed by atoms with Crippen molar-refractivity contribution >= 4 is 5.57 Å². The van der Waals surface area contributed by atoms with Crippen molar-refractivity contribution in [1.82, 2.24) is 0 Å². The van der Waals surface area contributed by atoms with Crippen molar-refractivity contribution in [3.8, 4) is 0 Å². The summed E-state index contributed by atoms with van der Waals surface area (Å²) in [6.45, 7) is 9.68. The first-order chi connectivity index (χ1) is 13.3. The van der Waals surface area contributed by atoms with Crippen LogP contribution in [0, 0.1) is 42.4 Å². The molecule has 28 heavy (non-hydrogen) atoms. The minimum atomic E-state index is -0.103. The van der Waals surface area contributed by atoms with E-state index in [0.29, 0.717) is 10.8 Å². The number of aryl methyl sites for hydroxylation is 2. The lowest BCUT2D eigenvalue weighted by Gasteiger charge is -2.57. The maximum Gasteiger partial charge on any atom is 0.0577 e. The lowest BCUT2D eigenvalue weighted by molar-refractivity contribution is -0.0238. The molecule has 2 saturated carbocycles. The number of benzene rings is 1. The predicted octanol–water partition coefficient (Wildman–Crippen LogP) is 6.62. The minimum Gasteiger partial charge on any atom is -0.393 e. The van der Waals surface area contributed by atoms with E-state index in [9.17, 15) is 5.11 Å². The summed E-state index contributed by atoms with van der Waals surface area (Å²) in [7, 11) is 0. The van der Waals surface area contributed by atoms with Crippen LogP contribution in [0.25, 0.3) is 5.57 Å². The van der Waals surface area contributed by atoms with Crippen LogP contribution in [0.1, 0.15) is 75.5 Å². The molecular weight excluding hydrogens is 340 g/mol. The Hall–Kier alpha value is -1.34. The third-order valence-electron chi connectivity index (χ3n) is 9.41. The van der Waals surface area contributed by atoms with Gasteiger partial charge in [-0.15, -0.1) is 0 Å². The Morgan fingerprint density at radius 2 is 1.61 bits per heavy atom. The number of aliphatic hydroxyl groups excluding tert-OH is 1. The summed E-state index contributed by atoms with van der Waals surface area (Å²) in [4.78, 5) is 0. The maximum absolute atomic E-state index is 10.2.